The summed E-state index contributed by atoms with van der Waals surface area (Å²) in [6.45, 7) is 5.28. The molecule has 2 rings (SSSR count). The van der Waals surface area contributed by atoms with Crippen LogP contribution in [0.15, 0.2) is 39.8 Å². The molecule has 7 heteroatoms. The summed E-state index contributed by atoms with van der Waals surface area (Å²) in [6, 6.07) is 5.81. The average molecular weight is 309 g/mol. The first kappa shape index (κ1) is 15.7. The molecule has 1 aromatic heterocycles. The zero-order valence-electron chi connectivity index (χ0n) is 12.2. The molecule has 2 unspecified atom stereocenters. The molecule has 0 spiro atoms. The van der Waals surface area contributed by atoms with E-state index in [1.165, 1.54) is 12.1 Å². The second kappa shape index (κ2) is 5.97. The fourth-order valence-corrected chi connectivity index (χ4v) is 3.07. The second-order valence-electron chi connectivity index (χ2n) is 5.01. The molecule has 2 atom stereocenters. The van der Waals surface area contributed by atoms with Gasteiger partial charge in [0.25, 0.3) is 0 Å². The molecule has 3 N–H and O–H groups in total. The Bertz CT molecular complexity index is 705. The van der Waals surface area contributed by atoms with Crippen LogP contribution in [0.4, 0.5) is 0 Å². The minimum atomic E-state index is -3.63. The highest BCUT2D eigenvalue weighted by molar-refractivity contribution is 7.89. The number of nitrogens with zero attached hydrogens (tertiary/aromatic N) is 1. The molecule has 0 aliphatic carbocycles. The normalized spacial score (nSPS) is 14.9. The number of aromatic nitrogens is 1. The van der Waals surface area contributed by atoms with E-state index in [4.69, 9.17) is 10.2 Å². The first-order valence-electron chi connectivity index (χ1n) is 6.60. The Hall–Kier alpha value is -1.70. The summed E-state index contributed by atoms with van der Waals surface area (Å²) in [4.78, 5) is 4.20. The molecule has 0 saturated carbocycles. The highest BCUT2D eigenvalue weighted by Gasteiger charge is 2.21. The molecule has 0 radical (unpaired) electrons. The van der Waals surface area contributed by atoms with Gasteiger partial charge in [-0.3, -0.25) is 0 Å². The van der Waals surface area contributed by atoms with Crippen molar-refractivity contribution in [1.82, 2.24) is 9.71 Å². The van der Waals surface area contributed by atoms with Gasteiger partial charge in [-0.1, -0.05) is 12.1 Å². The summed E-state index contributed by atoms with van der Waals surface area (Å²) in [5.41, 5.74) is 6.63. The van der Waals surface area contributed by atoms with Gasteiger partial charge in [0, 0.05) is 6.04 Å². The van der Waals surface area contributed by atoms with Crippen LogP contribution in [0.5, 0.6) is 0 Å². The highest BCUT2D eigenvalue weighted by atomic mass is 32.2. The van der Waals surface area contributed by atoms with E-state index in [2.05, 4.69) is 9.71 Å². The number of aryl methyl sites for hydroxylation is 1. The molecule has 1 aromatic carbocycles. The molecule has 0 fully saturated rings. The number of hydrogen-bond acceptors (Lipinski definition) is 5. The van der Waals surface area contributed by atoms with Crippen molar-refractivity contribution in [2.24, 2.45) is 5.73 Å². The molecule has 6 nitrogen and oxygen atoms in total. The van der Waals surface area contributed by atoms with Crippen molar-refractivity contribution in [3.63, 3.8) is 0 Å². The fraction of sp³-hybridized carbons (Fsp3) is 0.357. The summed E-state index contributed by atoms with van der Waals surface area (Å²) in [6.07, 6.45) is 1.55. The molecule has 2 aromatic rings. The van der Waals surface area contributed by atoms with Gasteiger partial charge < -0.3 is 10.2 Å². The van der Waals surface area contributed by atoms with Crippen LogP contribution < -0.4 is 10.5 Å². The molecular formula is C14H19N3O3S. The summed E-state index contributed by atoms with van der Waals surface area (Å²) >= 11 is 0. The van der Waals surface area contributed by atoms with Gasteiger partial charge in [-0.2, -0.15) is 4.72 Å². The Balaban J connectivity index is 2.18. The molecular weight excluding hydrogens is 290 g/mol. The number of benzene rings is 1. The molecule has 0 amide bonds. The van der Waals surface area contributed by atoms with Gasteiger partial charge >= 0.3 is 0 Å². The number of sulfonamides is 1. The van der Waals surface area contributed by atoms with Crippen molar-refractivity contribution in [2.75, 3.05) is 0 Å². The zero-order valence-corrected chi connectivity index (χ0v) is 13.0. The quantitative estimate of drug-likeness (QED) is 0.880. The van der Waals surface area contributed by atoms with Crippen molar-refractivity contribution in [2.45, 2.75) is 37.8 Å². The molecule has 0 aliphatic rings. The topological polar surface area (TPSA) is 98.2 Å². The lowest BCUT2D eigenvalue weighted by Gasteiger charge is -2.12. The number of rotatable bonds is 5. The van der Waals surface area contributed by atoms with E-state index in [0.717, 1.165) is 5.56 Å². The van der Waals surface area contributed by atoms with Crippen LogP contribution in [0, 0.1) is 6.92 Å². The Morgan fingerprint density at radius 1 is 1.24 bits per heavy atom. The van der Waals surface area contributed by atoms with Crippen molar-refractivity contribution in [3.05, 3.63) is 47.7 Å². The summed E-state index contributed by atoms with van der Waals surface area (Å²) in [5.74, 6) is 0.973. The third kappa shape index (κ3) is 3.69. The van der Waals surface area contributed by atoms with E-state index in [0.29, 0.717) is 11.7 Å². The van der Waals surface area contributed by atoms with Gasteiger partial charge in [-0.15, -0.1) is 0 Å². The van der Waals surface area contributed by atoms with Crippen LogP contribution in [-0.2, 0) is 10.0 Å². The fourth-order valence-electron chi connectivity index (χ4n) is 1.87. The lowest BCUT2D eigenvalue weighted by Crippen LogP contribution is -2.27. The van der Waals surface area contributed by atoms with Crippen molar-refractivity contribution < 1.29 is 12.8 Å². The predicted octanol–water partition coefficient (Wildman–Crippen LogP) is 2.04. The zero-order chi connectivity index (χ0) is 15.6. The summed E-state index contributed by atoms with van der Waals surface area (Å²) in [5, 5.41) is 0. The predicted molar refractivity (Wildman–Crippen MR) is 79.0 cm³/mol. The van der Waals surface area contributed by atoms with E-state index < -0.39 is 16.1 Å². The van der Waals surface area contributed by atoms with Gasteiger partial charge in [-0.25, -0.2) is 13.4 Å². The van der Waals surface area contributed by atoms with E-state index in [9.17, 15) is 8.42 Å². The SMILES string of the molecule is Cc1cnc(C(C)NS(=O)(=O)c2ccc(C(C)N)cc2)o1. The third-order valence-electron chi connectivity index (χ3n) is 3.06. The Morgan fingerprint density at radius 3 is 2.33 bits per heavy atom. The highest BCUT2D eigenvalue weighted by Crippen LogP contribution is 2.18. The Labute approximate surface area is 124 Å². The molecule has 114 valence electrons. The van der Waals surface area contributed by atoms with E-state index in [1.807, 2.05) is 6.92 Å². The minimum Gasteiger partial charge on any atom is -0.444 e. The first-order valence-corrected chi connectivity index (χ1v) is 8.08. The summed E-state index contributed by atoms with van der Waals surface area (Å²) < 4.78 is 32.4. The average Bonchev–Trinajstić information content (AvgIpc) is 2.85. The largest absolute Gasteiger partial charge is 0.444 e. The summed E-state index contributed by atoms with van der Waals surface area (Å²) in [7, 11) is -3.63. The van der Waals surface area contributed by atoms with Crippen LogP contribution in [0.25, 0.3) is 0 Å². The maximum Gasteiger partial charge on any atom is 0.241 e. The number of nitrogens with one attached hydrogen (secondary N) is 1. The van der Waals surface area contributed by atoms with Crippen LogP contribution >= 0.6 is 0 Å². The van der Waals surface area contributed by atoms with Crippen LogP contribution in [0.3, 0.4) is 0 Å². The monoisotopic (exact) mass is 309 g/mol. The van der Waals surface area contributed by atoms with Gasteiger partial charge in [0.1, 0.15) is 5.76 Å². The van der Waals surface area contributed by atoms with Crippen molar-refractivity contribution in [1.29, 1.82) is 0 Å². The van der Waals surface area contributed by atoms with E-state index in [1.54, 1.807) is 32.2 Å². The lowest BCUT2D eigenvalue weighted by molar-refractivity contribution is 0.428. The second-order valence-corrected chi connectivity index (χ2v) is 6.72. The smallest absolute Gasteiger partial charge is 0.241 e. The van der Waals surface area contributed by atoms with Crippen LogP contribution in [0.2, 0.25) is 0 Å². The van der Waals surface area contributed by atoms with Gasteiger partial charge in [0.05, 0.1) is 17.1 Å². The lowest BCUT2D eigenvalue weighted by atomic mass is 10.1. The third-order valence-corrected chi connectivity index (χ3v) is 4.61. The number of nitrogens with two attached hydrogens (primary N) is 1. The van der Waals surface area contributed by atoms with E-state index in [-0.39, 0.29) is 10.9 Å². The molecule has 0 bridgehead atoms. The minimum absolute atomic E-state index is 0.135. The van der Waals surface area contributed by atoms with Gasteiger partial charge in [0.2, 0.25) is 15.9 Å². The number of oxazole rings is 1. The molecule has 1 heterocycles. The number of hydrogen-bond donors (Lipinski definition) is 2. The Kier molecular flexibility index (Phi) is 4.46. The van der Waals surface area contributed by atoms with Gasteiger partial charge in [0.15, 0.2) is 0 Å². The standard InChI is InChI=1S/C14H19N3O3S/c1-9-8-16-14(20-9)11(3)17-21(18,19)13-6-4-12(5-7-13)10(2)15/h4-8,10-11,17H,15H2,1-3H3. The van der Waals surface area contributed by atoms with Crippen molar-refractivity contribution >= 4 is 10.0 Å². The maximum atomic E-state index is 12.3. The van der Waals surface area contributed by atoms with E-state index >= 15 is 0 Å². The Morgan fingerprint density at radius 2 is 1.86 bits per heavy atom. The maximum absolute atomic E-state index is 12.3. The molecule has 21 heavy (non-hydrogen) atoms. The van der Waals surface area contributed by atoms with Crippen LogP contribution in [0.1, 0.15) is 43.1 Å². The molecule has 0 aliphatic heterocycles. The van der Waals surface area contributed by atoms with Gasteiger partial charge in [-0.05, 0) is 38.5 Å². The van der Waals surface area contributed by atoms with Crippen LogP contribution in [-0.4, -0.2) is 13.4 Å². The molecule has 0 saturated heterocycles. The first-order chi connectivity index (χ1) is 9.79. The van der Waals surface area contributed by atoms with Crippen molar-refractivity contribution in [3.8, 4) is 0 Å².